The third kappa shape index (κ3) is 2.20. The first-order valence-electron chi connectivity index (χ1n) is 3.66. The Bertz CT molecular complexity index is 323. The van der Waals surface area contributed by atoms with Crippen molar-refractivity contribution in [1.82, 2.24) is 9.97 Å². The zero-order valence-corrected chi connectivity index (χ0v) is 9.34. The molecule has 0 aliphatic rings. The molecule has 0 amide bonds. The number of halogens is 1. The number of aromatic nitrogens is 2. The molecule has 0 saturated carbocycles. The van der Waals surface area contributed by atoms with Gasteiger partial charge in [-0.25, -0.2) is 4.98 Å². The second-order valence-electron chi connectivity index (χ2n) is 2.63. The fourth-order valence-electron chi connectivity index (χ4n) is 0.851. The number of rotatable bonds is 2. The van der Waals surface area contributed by atoms with Gasteiger partial charge in [0.25, 0.3) is 0 Å². The summed E-state index contributed by atoms with van der Waals surface area (Å²) in [4.78, 5) is 7.44. The topological polar surface area (TPSA) is 28.7 Å². The molecule has 0 atom stereocenters. The highest BCUT2D eigenvalue weighted by Crippen LogP contribution is 2.11. The lowest BCUT2D eigenvalue weighted by Gasteiger charge is -1.90. The standard InChI is InChI=1S/C9H11IN2/c1-4-6(2)5-8-7(3)11-9(10)12-8/h4-5H,1H2,2-3H3,(H,11,12)/b6-5-. The van der Waals surface area contributed by atoms with E-state index in [1.165, 1.54) is 0 Å². The van der Waals surface area contributed by atoms with Gasteiger partial charge in [-0.1, -0.05) is 12.7 Å². The molecule has 0 aromatic carbocycles. The molecular weight excluding hydrogens is 263 g/mol. The molecule has 0 fully saturated rings. The van der Waals surface area contributed by atoms with Crippen molar-refractivity contribution < 1.29 is 0 Å². The van der Waals surface area contributed by atoms with Gasteiger partial charge < -0.3 is 4.98 Å². The summed E-state index contributed by atoms with van der Waals surface area (Å²) in [6.45, 7) is 7.70. The molecular formula is C9H11IN2. The Morgan fingerprint density at radius 1 is 1.67 bits per heavy atom. The molecule has 0 radical (unpaired) electrons. The first-order chi connectivity index (χ1) is 5.63. The van der Waals surface area contributed by atoms with E-state index in [4.69, 9.17) is 0 Å². The molecule has 0 aliphatic heterocycles. The van der Waals surface area contributed by atoms with Gasteiger partial charge in [-0.3, -0.25) is 0 Å². The van der Waals surface area contributed by atoms with Crippen molar-refractivity contribution in [2.45, 2.75) is 13.8 Å². The number of aryl methyl sites for hydroxylation is 1. The predicted octanol–water partition coefficient (Wildman–Crippen LogP) is 2.91. The maximum Gasteiger partial charge on any atom is 0.169 e. The Morgan fingerprint density at radius 2 is 2.33 bits per heavy atom. The van der Waals surface area contributed by atoms with Gasteiger partial charge in [-0.2, -0.15) is 0 Å². The lowest BCUT2D eigenvalue weighted by Crippen LogP contribution is -1.77. The van der Waals surface area contributed by atoms with Crippen molar-refractivity contribution in [1.29, 1.82) is 0 Å². The summed E-state index contributed by atoms with van der Waals surface area (Å²) in [7, 11) is 0. The lowest BCUT2D eigenvalue weighted by molar-refractivity contribution is 1.20. The molecule has 2 nitrogen and oxygen atoms in total. The summed E-state index contributed by atoms with van der Waals surface area (Å²) in [5.74, 6) is 0. The molecule has 0 bridgehead atoms. The number of nitrogens with zero attached hydrogens (tertiary/aromatic N) is 1. The van der Waals surface area contributed by atoms with E-state index in [0.29, 0.717) is 0 Å². The SMILES string of the molecule is C=C/C(C)=C\c1nc(I)[nH]c1C. The molecule has 1 aromatic rings. The summed E-state index contributed by atoms with van der Waals surface area (Å²) >= 11 is 2.16. The van der Waals surface area contributed by atoms with Crippen molar-refractivity contribution in [2.75, 3.05) is 0 Å². The minimum Gasteiger partial charge on any atom is -0.337 e. The fraction of sp³-hybridized carbons (Fsp3) is 0.222. The number of aromatic amines is 1. The third-order valence-corrected chi connectivity index (χ3v) is 2.09. The van der Waals surface area contributed by atoms with Crippen LogP contribution in [0.3, 0.4) is 0 Å². The highest BCUT2D eigenvalue weighted by Gasteiger charge is 2.00. The number of nitrogens with one attached hydrogen (secondary N) is 1. The molecule has 0 aliphatic carbocycles. The summed E-state index contributed by atoms with van der Waals surface area (Å²) in [5, 5.41) is 0. The summed E-state index contributed by atoms with van der Waals surface area (Å²) < 4.78 is 0.924. The van der Waals surface area contributed by atoms with E-state index in [2.05, 4.69) is 39.1 Å². The van der Waals surface area contributed by atoms with E-state index < -0.39 is 0 Å². The van der Waals surface area contributed by atoms with Crippen LogP contribution < -0.4 is 0 Å². The van der Waals surface area contributed by atoms with Crippen molar-refractivity contribution in [2.24, 2.45) is 0 Å². The van der Waals surface area contributed by atoms with Crippen molar-refractivity contribution >= 4 is 28.7 Å². The van der Waals surface area contributed by atoms with E-state index in [-0.39, 0.29) is 0 Å². The Hall–Kier alpha value is -0.580. The van der Waals surface area contributed by atoms with Crippen LogP contribution in [-0.2, 0) is 0 Å². The van der Waals surface area contributed by atoms with Crippen LogP contribution in [0.15, 0.2) is 18.2 Å². The maximum atomic E-state index is 4.31. The maximum absolute atomic E-state index is 4.31. The highest BCUT2D eigenvalue weighted by molar-refractivity contribution is 14.1. The molecule has 0 spiro atoms. The first kappa shape index (κ1) is 9.51. The van der Waals surface area contributed by atoms with Gasteiger partial charge in [-0.05, 0) is 48.1 Å². The molecule has 3 heteroatoms. The average molecular weight is 274 g/mol. The fourth-order valence-corrected chi connectivity index (χ4v) is 1.52. The lowest BCUT2D eigenvalue weighted by atomic mass is 10.2. The number of hydrogen-bond acceptors (Lipinski definition) is 1. The van der Waals surface area contributed by atoms with Gasteiger partial charge in [0.05, 0.1) is 5.69 Å². The molecule has 1 aromatic heterocycles. The summed E-state index contributed by atoms with van der Waals surface area (Å²) in [6.07, 6.45) is 3.84. The third-order valence-electron chi connectivity index (χ3n) is 1.58. The average Bonchev–Trinajstić information content (AvgIpc) is 2.30. The second kappa shape index (κ2) is 3.89. The first-order valence-corrected chi connectivity index (χ1v) is 4.74. The molecule has 12 heavy (non-hydrogen) atoms. The van der Waals surface area contributed by atoms with Crippen LogP contribution in [0.4, 0.5) is 0 Å². The van der Waals surface area contributed by atoms with Crippen molar-refractivity contribution in [3.8, 4) is 0 Å². The molecule has 1 N–H and O–H groups in total. The quantitative estimate of drug-likeness (QED) is 0.652. The second-order valence-corrected chi connectivity index (χ2v) is 3.65. The van der Waals surface area contributed by atoms with E-state index in [9.17, 15) is 0 Å². The van der Waals surface area contributed by atoms with Crippen LogP contribution in [0.25, 0.3) is 6.08 Å². The summed E-state index contributed by atoms with van der Waals surface area (Å²) in [5.41, 5.74) is 3.22. The minimum absolute atomic E-state index is 0.924. The number of imidazole rings is 1. The van der Waals surface area contributed by atoms with Crippen LogP contribution in [0.1, 0.15) is 18.3 Å². The highest BCUT2D eigenvalue weighted by atomic mass is 127. The molecule has 0 unspecified atom stereocenters. The number of allylic oxidation sites excluding steroid dienone is 2. The van der Waals surface area contributed by atoms with E-state index in [1.54, 1.807) is 0 Å². The van der Waals surface area contributed by atoms with Crippen LogP contribution in [-0.4, -0.2) is 9.97 Å². The van der Waals surface area contributed by atoms with Crippen LogP contribution in [0.2, 0.25) is 0 Å². The van der Waals surface area contributed by atoms with E-state index in [0.717, 1.165) is 20.8 Å². The van der Waals surface area contributed by atoms with Gasteiger partial charge in [0.15, 0.2) is 3.83 Å². The Kier molecular flexibility index (Phi) is 3.08. The van der Waals surface area contributed by atoms with E-state index in [1.807, 2.05) is 26.0 Å². The van der Waals surface area contributed by atoms with Gasteiger partial charge in [-0.15, -0.1) is 0 Å². The zero-order valence-electron chi connectivity index (χ0n) is 7.19. The minimum atomic E-state index is 0.924. The molecule has 1 heterocycles. The van der Waals surface area contributed by atoms with Crippen LogP contribution in [0.5, 0.6) is 0 Å². The van der Waals surface area contributed by atoms with Gasteiger partial charge >= 0.3 is 0 Å². The van der Waals surface area contributed by atoms with Crippen molar-refractivity contribution in [3.63, 3.8) is 0 Å². The largest absolute Gasteiger partial charge is 0.337 e. The van der Waals surface area contributed by atoms with Crippen LogP contribution >= 0.6 is 22.6 Å². The van der Waals surface area contributed by atoms with Gasteiger partial charge in [0, 0.05) is 5.69 Å². The van der Waals surface area contributed by atoms with Gasteiger partial charge in [0.1, 0.15) is 0 Å². The Morgan fingerprint density at radius 3 is 2.75 bits per heavy atom. The normalized spacial score (nSPS) is 11.8. The number of hydrogen-bond donors (Lipinski definition) is 1. The Labute approximate surface area is 85.9 Å². The smallest absolute Gasteiger partial charge is 0.169 e. The van der Waals surface area contributed by atoms with Gasteiger partial charge in [0.2, 0.25) is 0 Å². The number of H-pyrrole nitrogens is 1. The predicted molar refractivity (Wildman–Crippen MR) is 59.9 cm³/mol. The van der Waals surface area contributed by atoms with Crippen molar-refractivity contribution in [3.05, 3.63) is 33.4 Å². The molecule has 64 valence electrons. The molecule has 1 rings (SSSR count). The van der Waals surface area contributed by atoms with E-state index >= 15 is 0 Å². The summed E-state index contributed by atoms with van der Waals surface area (Å²) in [6, 6.07) is 0. The molecule has 0 saturated heterocycles. The monoisotopic (exact) mass is 274 g/mol. The Balaban J connectivity index is 3.03. The zero-order chi connectivity index (χ0) is 9.14. The van der Waals surface area contributed by atoms with Crippen LogP contribution in [0, 0.1) is 10.8 Å².